The molecule has 4 aromatic rings. The number of rotatable bonds is 4. The third-order valence-electron chi connectivity index (χ3n) is 8.03. The molecule has 0 fully saturated rings. The molecule has 0 aromatic heterocycles. The Bertz CT molecular complexity index is 1500. The molecule has 1 unspecified atom stereocenters. The van der Waals surface area contributed by atoms with Crippen LogP contribution < -0.4 is 0 Å². The Morgan fingerprint density at radius 1 is 0.605 bits per heavy atom. The zero-order chi connectivity index (χ0) is 27.7. The highest BCUT2D eigenvalue weighted by Crippen LogP contribution is 2.57. The van der Waals surface area contributed by atoms with E-state index in [1.54, 1.807) is 26.8 Å². The van der Waals surface area contributed by atoms with Crippen molar-refractivity contribution in [1.29, 1.82) is 0 Å². The molecule has 1 aliphatic rings. The number of benzene rings is 4. The molecule has 0 radical (unpaired) electrons. The Labute approximate surface area is 221 Å². The summed E-state index contributed by atoms with van der Waals surface area (Å²) >= 11 is 0. The van der Waals surface area contributed by atoms with E-state index < -0.39 is 22.8 Å². The molecular formula is C33H31F3O2. The lowest BCUT2D eigenvalue weighted by Gasteiger charge is -2.37. The normalized spacial score (nSPS) is 16.1. The fourth-order valence-electron chi connectivity index (χ4n) is 6.07. The van der Waals surface area contributed by atoms with Gasteiger partial charge >= 0.3 is 6.18 Å². The number of alkyl halides is 3. The van der Waals surface area contributed by atoms with Crippen molar-refractivity contribution in [1.82, 2.24) is 0 Å². The van der Waals surface area contributed by atoms with E-state index in [2.05, 4.69) is 0 Å². The molecule has 0 heterocycles. The van der Waals surface area contributed by atoms with E-state index in [9.17, 15) is 23.4 Å². The summed E-state index contributed by atoms with van der Waals surface area (Å²) in [6, 6.07) is 26.8. The summed E-state index contributed by atoms with van der Waals surface area (Å²) in [4.78, 5) is 0. The summed E-state index contributed by atoms with van der Waals surface area (Å²) in [5.74, 6) is 0. The van der Waals surface area contributed by atoms with Crippen molar-refractivity contribution in [3.8, 4) is 11.1 Å². The fraction of sp³-hybridized carbons (Fsp3) is 0.273. The molecule has 5 heteroatoms. The van der Waals surface area contributed by atoms with Gasteiger partial charge in [-0.2, -0.15) is 13.2 Å². The molecule has 2 N–H and O–H groups in total. The fourth-order valence-corrected chi connectivity index (χ4v) is 6.07. The highest BCUT2D eigenvalue weighted by molar-refractivity contribution is 5.86. The second-order valence-corrected chi connectivity index (χ2v) is 11.0. The van der Waals surface area contributed by atoms with Crippen LogP contribution in [0.15, 0.2) is 84.9 Å². The van der Waals surface area contributed by atoms with E-state index in [0.717, 1.165) is 45.9 Å². The van der Waals surface area contributed by atoms with Gasteiger partial charge in [-0.25, -0.2) is 0 Å². The Balaban J connectivity index is 1.94. The molecule has 196 valence electrons. The molecule has 0 saturated heterocycles. The van der Waals surface area contributed by atoms with Crippen LogP contribution in [0.3, 0.4) is 0 Å². The van der Waals surface area contributed by atoms with Crippen molar-refractivity contribution in [2.75, 3.05) is 0 Å². The van der Waals surface area contributed by atoms with Gasteiger partial charge in [-0.3, -0.25) is 0 Å². The molecular weight excluding hydrogens is 485 g/mol. The minimum absolute atomic E-state index is 0.182. The summed E-state index contributed by atoms with van der Waals surface area (Å²) in [7, 11) is 0. The number of halogens is 3. The molecule has 4 aromatic carbocycles. The van der Waals surface area contributed by atoms with Crippen LogP contribution in [0.25, 0.3) is 11.1 Å². The smallest absolute Gasteiger partial charge is 0.386 e. The Morgan fingerprint density at radius 2 is 1.03 bits per heavy atom. The summed E-state index contributed by atoms with van der Waals surface area (Å²) in [6.07, 6.45) is -4.85. The third-order valence-corrected chi connectivity index (χ3v) is 8.03. The lowest BCUT2D eigenvalue weighted by Crippen LogP contribution is -2.40. The van der Waals surface area contributed by atoms with Crippen LogP contribution in [0.5, 0.6) is 0 Å². The van der Waals surface area contributed by atoms with E-state index in [1.807, 2.05) is 79.7 Å². The van der Waals surface area contributed by atoms with Crippen molar-refractivity contribution in [2.45, 2.75) is 57.4 Å². The van der Waals surface area contributed by atoms with Crippen molar-refractivity contribution < 1.29 is 23.4 Å². The molecule has 0 aliphatic heterocycles. The average Bonchev–Trinajstić information content (AvgIpc) is 3.14. The predicted molar refractivity (Wildman–Crippen MR) is 144 cm³/mol. The van der Waals surface area contributed by atoms with Crippen LogP contribution in [0.1, 0.15) is 65.3 Å². The van der Waals surface area contributed by atoms with Gasteiger partial charge in [-0.15, -0.1) is 0 Å². The topological polar surface area (TPSA) is 40.5 Å². The van der Waals surface area contributed by atoms with E-state index in [4.69, 9.17) is 0 Å². The number of aliphatic hydroxyl groups is 2. The van der Waals surface area contributed by atoms with Gasteiger partial charge < -0.3 is 10.2 Å². The zero-order valence-corrected chi connectivity index (χ0v) is 22.1. The minimum atomic E-state index is -4.85. The molecule has 0 spiro atoms. The van der Waals surface area contributed by atoms with Crippen molar-refractivity contribution in [3.63, 3.8) is 0 Å². The maximum absolute atomic E-state index is 14.1. The first-order valence-corrected chi connectivity index (χ1v) is 12.6. The van der Waals surface area contributed by atoms with E-state index in [-0.39, 0.29) is 5.56 Å². The van der Waals surface area contributed by atoms with Crippen LogP contribution in [0.2, 0.25) is 0 Å². The highest BCUT2D eigenvalue weighted by atomic mass is 19.4. The van der Waals surface area contributed by atoms with Gasteiger partial charge in [-0.1, -0.05) is 84.9 Å². The van der Waals surface area contributed by atoms with Crippen molar-refractivity contribution in [2.24, 2.45) is 0 Å². The summed E-state index contributed by atoms with van der Waals surface area (Å²) in [6.45, 7) is 7.78. The first-order valence-electron chi connectivity index (χ1n) is 12.6. The average molecular weight is 517 g/mol. The molecule has 38 heavy (non-hydrogen) atoms. The lowest BCUT2D eigenvalue weighted by molar-refractivity contribution is -0.259. The summed E-state index contributed by atoms with van der Waals surface area (Å²) in [5, 5.41) is 21.7. The standard InChI is InChI=1S/C33H31F3O2/c1-20-14-16-22(18-28(20)30(3,4)37)32(23-17-15-21(2)29(19-23)31(5,38)33(34,35)36)26-12-8-6-10-24(26)25-11-7-9-13-27(25)32/h6-19,37-38H,1-5H3. The molecule has 0 saturated carbocycles. The van der Waals surface area contributed by atoms with Gasteiger partial charge in [0.25, 0.3) is 0 Å². The van der Waals surface area contributed by atoms with Crippen LogP contribution in [0, 0.1) is 13.8 Å². The molecule has 0 bridgehead atoms. The molecule has 0 amide bonds. The minimum Gasteiger partial charge on any atom is -0.386 e. The van der Waals surface area contributed by atoms with Gasteiger partial charge in [-0.05, 0) is 90.3 Å². The van der Waals surface area contributed by atoms with Crippen molar-refractivity contribution >= 4 is 0 Å². The number of hydrogen-bond acceptors (Lipinski definition) is 2. The maximum atomic E-state index is 14.1. The Morgan fingerprint density at radius 3 is 1.47 bits per heavy atom. The molecule has 1 aliphatic carbocycles. The quantitative estimate of drug-likeness (QED) is 0.257. The molecule has 2 nitrogen and oxygen atoms in total. The van der Waals surface area contributed by atoms with Crippen LogP contribution in [-0.4, -0.2) is 16.4 Å². The van der Waals surface area contributed by atoms with Crippen molar-refractivity contribution in [3.05, 3.63) is 129 Å². The summed E-state index contributed by atoms with van der Waals surface area (Å²) in [5.41, 5.74) is 2.03. The SMILES string of the molecule is Cc1ccc(C2(c3ccc(C)c(C(C)(O)C(F)(F)F)c3)c3ccccc3-c3ccccc32)cc1C(C)(C)O. The van der Waals surface area contributed by atoms with Crippen LogP contribution >= 0.6 is 0 Å². The molecule has 1 atom stereocenters. The predicted octanol–water partition coefficient (Wildman–Crippen LogP) is 7.66. The number of fused-ring (bicyclic) bond motifs is 3. The Kier molecular flexibility index (Phi) is 5.90. The Hall–Kier alpha value is -3.41. The largest absolute Gasteiger partial charge is 0.421 e. The first kappa shape index (κ1) is 26.2. The van der Waals surface area contributed by atoms with Gasteiger partial charge in [0.15, 0.2) is 5.60 Å². The van der Waals surface area contributed by atoms with Gasteiger partial charge in [0, 0.05) is 0 Å². The molecule has 5 rings (SSSR count). The van der Waals surface area contributed by atoms with E-state index in [1.165, 1.54) is 6.07 Å². The second-order valence-electron chi connectivity index (χ2n) is 11.0. The number of hydrogen-bond donors (Lipinski definition) is 2. The maximum Gasteiger partial charge on any atom is 0.421 e. The first-order chi connectivity index (χ1) is 17.7. The van der Waals surface area contributed by atoms with Gasteiger partial charge in [0.05, 0.1) is 11.0 Å². The van der Waals surface area contributed by atoms with Gasteiger partial charge in [0.1, 0.15) is 0 Å². The zero-order valence-electron chi connectivity index (χ0n) is 22.1. The monoisotopic (exact) mass is 516 g/mol. The van der Waals surface area contributed by atoms with Crippen LogP contribution in [-0.2, 0) is 16.6 Å². The van der Waals surface area contributed by atoms with E-state index in [0.29, 0.717) is 11.1 Å². The summed E-state index contributed by atoms with van der Waals surface area (Å²) < 4.78 is 42.2. The second kappa shape index (κ2) is 8.55. The third kappa shape index (κ3) is 3.71. The van der Waals surface area contributed by atoms with Crippen LogP contribution in [0.4, 0.5) is 13.2 Å². The van der Waals surface area contributed by atoms with E-state index >= 15 is 0 Å². The lowest BCUT2D eigenvalue weighted by atomic mass is 9.66. The number of aryl methyl sites for hydroxylation is 2. The van der Waals surface area contributed by atoms with Gasteiger partial charge in [0.2, 0.25) is 0 Å². The highest BCUT2D eigenvalue weighted by Gasteiger charge is 2.53.